The van der Waals surface area contributed by atoms with Crippen LogP contribution in [0, 0.1) is 0 Å². The third-order valence-corrected chi connectivity index (χ3v) is 3.10. The number of rotatable bonds is 4. The molecule has 0 saturated carbocycles. The monoisotopic (exact) mass is 204 g/mol. The van der Waals surface area contributed by atoms with Gasteiger partial charge in [-0.2, -0.15) is 0 Å². The van der Waals surface area contributed by atoms with Gasteiger partial charge in [0.1, 0.15) is 0 Å². The highest BCUT2D eigenvalue weighted by Crippen LogP contribution is 2.31. The van der Waals surface area contributed by atoms with Gasteiger partial charge in [-0.05, 0) is 31.5 Å². The summed E-state index contributed by atoms with van der Waals surface area (Å²) in [5.74, 6) is 0. The Balaban J connectivity index is 2.21. The lowest BCUT2D eigenvalue weighted by Gasteiger charge is -2.27. The van der Waals surface area contributed by atoms with Gasteiger partial charge in [-0.3, -0.25) is 0 Å². The molecule has 0 aliphatic carbocycles. The summed E-state index contributed by atoms with van der Waals surface area (Å²) < 4.78 is 0. The van der Waals surface area contributed by atoms with Crippen molar-refractivity contribution >= 4 is 5.69 Å². The SMILES string of the molecule is CCCN1c2ccccc2CC1CNC. The average Bonchev–Trinajstić information content (AvgIpc) is 2.59. The van der Waals surface area contributed by atoms with Crippen molar-refractivity contribution in [3.8, 4) is 0 Å². The van der Waals surface area contributed by atoms with E-state index in [4.69, 9.17) is 0 Å². The largest absolute Gasteiger partial charge is 0.367 e. The minimum atomic E-state index is 0.646. The molecule has 1 atom stereocenters. The molecule has 0 amide bonds. The van der Waals surface area contributed by atoms with E-state index in [0.717, 1.165) is 6.54 Å². The van der Waals surface area contributed by atoms with Crippen LogP contribution in [0.3, 0.4) is 0 Å². The Morgan fingerprint density at radius 3 is 2.93 bits per heavy atom. The molecular weight excluding hydrogens is 184 g/mol. The van der Waals surface area contributed by atoms with Gasteiger partial charge in [0.2, 0.25) is 0 Å². The van der Waals surface area contributed by atoms with E-state index >= 15 is 0 Å². The number of benzene rings is 1. The third-order valence-electron chi connectivity index (χ3n) is 3.10. The van der Waals surface area contributed by atoms with Crippen molar-refractivity contribution in [3.63, 3.8) is 0 Å². The first-order chi connectivity index (χ1) is 7.36. The maximum Gasteiger partial charge on any atom is 0.0455 e. The fourth-order valence-electron chi connectivity index (χ4n) is 2.49. The number of para-hydroxylation sites is 1. The Morgan fingerprint density at radius 2 is 2.20 bits per heavy atom. The van der Waals surface area contributed by atoms with Crippen molar-refractivity contribution in [2.75, 3.05) is 25.0 Å². The van der Waals surface area contributed by atoms with E-state index in [0.29, 0.717) is 6.04 Å². The lowest BCUT2D eigenvalue weighted by molar-refractivity contribution is 0.579. The van der Waals surface area contributed by atoms with Gasteiger partial charge in [0.15, 0.2) is 0 Å². The maximum atomic E-state index is 3.29. The highest BCUT2D eigenvalue weighted by molar-refractivity contribution is 5.59. The summed E-state index contributed by atoms with van der Waals surface area (Å²) in [5.41, 5.74) is 2.95. The molecule has 2 heteroatoms. The molecule has 1 aliphatic heterocycles. The first kappa shape index (κ1) is 10.5. The van der Waals surface area contributed by atoms with Gasteiger partial charge < -0.3 is 10.2 Å². The van der Waals surface area contributed by atoms with E-state index in [1.807, 2.05) is 7.05 Å². The van der Waals surface area contributed by atoms with Crippen LogP contribution in [-0.2, 0) is 6.42 Å². The Hall–Kier alpha value is -1.02. The molecule has 1 N–H and O–H groups in total. The second-order valence-corrected chi connectivity index (χ2v) is 4.24. The lowest BCUT2D eigenvalue weighted by atomic mass is 10.1. The molecule has 1 heterocycles. The van der Waals surface area contributed by atoms with Crippen LogP contribution in [0.1, 0.15) is 18.9 Å². The van der Waals surface area contributed by atoms with Crippen molar-refractivity contribution in [2.45, 2.75) is 25.8 Å². The number of nitrogens with zero attached hydrogens (tertiary/aromatic N) is 1. The molecule has 1 aromatic rings. The molecule has 1 unspecified atom stereocenters. The number of anilines is 1. The van der Waals surface area contributed by atoms with E-state index in [1.54, 1.807) is 0 Å². The lowest BCUT2D eigenvalue weighted by Crippen LogP contribution is -2.39. The van der Waals surface area contributed by atoms with Gasteiger partial charge in [-0.25, -0.2) is 0 Å². The predicted molar refractivity (Wildman–Crippen MR) is 65.5 cm³/mol. The number of fused-ring (bicyclic) bond motifs is 1. The molecule has 15 heavy (non-hydrogen) atoms. The van der Waals surface area contributed by atoms with Crippen LogP contribution in [0.15, 0.2) is 24.3 Å². The van der Waals surface area contributed by atoms with Gasteiger partial charge in [0.05, 0.1) is 0 Å². The standard InChI is InChI=1S/C13H20N2/c1-3-8-15-12(10-14-2)9-11-6-4-5-7-13(11)15/h4-7,12,14H,3,8-10H2,1-2H3. The smallest absolute Gasteiger partial charge is 0.0455 e. The summed E-state index contributed by atoms with van der Waals surface area (Å²) in [7, 11) is 2.03. The quantitative estimate of drug-likeness (QED) is 0.807. The van der Waals surface area contributed by atoms with Crippen molar-refractivity contribution in [1.82, 2.24) is 5.32 Å². The molecule has 2 nitrogen and oxygen atoms in total. The third kappa shape index (κ3) is 2.00. The molecule has 0 radical (unpaired) electrons. The van der Waals surface area contributed by atoms with Crippen LogP contribution in [0.2, 0.25) is 0 Å². The van der Waals surface area contributed by atoms with Gasteiger partial charge in [-0.15, -0.1) is 0 Å². The van der Waals surface area contributed by atoms with Crippen LogP contribution < -0.4 is 10.2 Å². The molecule has 0 spiro atoms. The zero-order chi connectivity index (χ0) is 10.7. The van der Waals surface area contributed by atoms with Crippen molar-refractivity contribution < 1.29 is 0 Å². The summed E-state index contributed by atoms with van der Waals surface area (Å²) in [6.45, 7) is 4.50. The zero-order valence-electron chi connectivity index (χ0n) is 9.66. The molecule has 0 aromatic heterocycles. The zero-order valence-corrected chi connectivity index (χ0v) is 9.66. The van der Waals surface area contributed by atoms with Crippen LogP contribution in [0.5, 0.6) is 0 Å². The van der Waals surface area contributed by atoms with E-state index in [2.05, 4.69) is 41.4 Å². The van der Waals surface area contributed by atoms with E-state index in [-0.39, 0.29) is 0 Å². The van der Waals surface area contributed by atoms with Crippen molar-refractivity contribution in [3.05, 3.63) is 29.8 Å². The molecule has 82 valence electrons. The molecule has 0 bridgehead atoms. The fourth-order valence-corrected chi connectivity index (χ4v) is 2.49. The van der Waals surface area contributed by atoms with Crippen LogP contribution in [0.25, 0.3) is 0 Å². The number of likely N-dealkylation sites (N-methyl/N-ethyl adjacent to an activating group) is 1. The van der Waals surface area contributed by atoms with Gasteiger partial charge in [0, 0.05) is 24.8 Å². The van der Waals surface area contributed by atoms with Crippen LogP contribution in [0.4, 0.5) is 5.69 Å². The second kappa shape index (κ2) is 4.67. The number of hydrogen-bond acceptors (Lipinski definition) is 2. The molecule has 1 aliphatic rings. The fraction of sp³-hybridized carbons (Fsp3) is 0.538. The topological polar surface area (TPSA) is 15.3 Å². The number of hydrogen-bond donors (Lipinski definition) is 1. The second-order valence-electron chi connectivity index (χ2n) is 4.24. The normalized spacial score (nSPS) is 19.3. The highest BCUT2D eigenvalue weighted by atomic mass is 15.2. The Kier molecular flexibility index (Phi) is 3.27. The molecule has 2 rings (SSSR count). The van der Waals surface area contributed by atoms with Crippen molar-refractivity contribution in [2.24, 2.45) is 0 Å². The average molecular weight is 204 g/mol. The molecular formula is C13H20N2. The Morgan fingerprint density at radius 1 is 1.40 bits per heavy atom. The molecule has 0 saturated heterocycles. The molecule has 0 fully saturated rings. The maximum absolute atomic E-state index is 3.29. The number of nitrogens with one attached hydrogen (secondary N) is 1. The van der Waals surface area contributed by atoms with E-state index in [9.17, 15) is 0 Å². The summed E-state index contributed by atoms with van der Waals surface area (Å²) in [4.78, 5) is 2.55. The van der Waals surface area contributed by atoms with Crippen molar-refractivity contribution in [1.29, 1.82) is 0 Å². The highest BCUT2D eigenvalue weighted by Gasteiger charge is 2.27. The summed E-state index contributed by atoms with van der Waals surface area (Å²) in [6.07, 6.45) is 2.41. The first-order valence-corrected chi connectivity index (χ1v) is 5.86. The van der Waals surface area contributed by atoms with Gasteiger partial charge in [-0.1, -0.05) is 25.1 Å². The summed E-state index contributed by atoms with van der Waals surface area (Å²) in [6, 6.07) is 9.44. The van der Waals surface area contributed by atoms with Gasteiger partial charge >= 0.3 is 0 Å². The Bertz CT molecular complexity index is 322. The van der Waals surface area contributed by atoms with Crippen LogP contribution >= 0.6 is 0 Å². The van der Waals surface area contributed by atoms with E-state index < -0.39 is 0 Å². The minimum absolute atomic E-state index is 0.646. The summed E-state index contributed by atoms with van der Waals surface area (Å²) in [5, 5.41) is 3.29. The summed E-state index contributed by atoms with van der Waals surface area (Å²) >= 11 is 0. The first-order valence-electron chi connectivity index (χ1n) is 5.86. The van der Waals surface area contributed by atoms with Gasteiger partial charge in [0.25, 0.3) is 0 Å². The Labute approximate surface area is 92.3 Å². The molecule has 1 aromatic carbocycles. The van der Waals surface area contributed by atoms with E-state index in [1.165, 1.54) is 30.6 Å². The minimum Gasteiger partial charge on any atom is -0.367 e. The predicted octanol–water partition coefficient (Wildman–Crippen LogP) is 2.05. The van der Waals surface area contributed by atoms with Crippen LogP contribution in [-0.4, -0.2) is 26.2 Å².